The molecule has 136 valence electrons. The van der Waals surface area contributed by atoms with Crippen LogP contribution in [0.4, 0.5) is 11.4 Å². The van der Waals surface area contributed by atoms with E-state index in [1.807, 2.05) is 31.2 Å². The summed E-state index contributed by atoms with van der Waals surface area (Å²) >= 11 is 0. The molecule has 2 aromatic carbocycles. The molecule has 0 saturated carbocycles. The molecule has 2 heterocycles. The summed E-state index contributed by atoms with van der Waals surface area (Å²) in [5.74, 6) is 0.0597. The molecule has 1 aliphatic heterocycles. The zero-order valence-corrected chi connectivity index (χ0v) is 14.5. The molecule has 4 rings (SSSR count). The van der Waals surface area contributed by atoms with Gasteiger partial charge in [0.15, 0.2) is 6.61 Å². The van der Waals surface area contributed by atoms with Gasteiger partial charge in [0.05, 0.1) is 15.8 Å². The first-order valence-corrected chi connectivity index (χ1v) is 8.46. The number of amides is 1. The van der Waals surface area contributed by atoms with Crippen LogP contribution in [0, 0.1) is 10.1 Å². The maximum atomic E-state index is 12.7. The average molecular weight is 364 g/mol. The molecular formula is C19H16N4O4. The van der Waals surface area contributed by atoms with Crippen molar-refractivity contribution in [1.29, 1.82) is 0 Å². The number of fused-ring (bicyclic) bond motifs is 2. The highest BCUT2D eigenvalue weighted by atomic mass is 16.6. The molecule has 1 aromatic heterocycles. The van der Waals surface area contributed by atoms with Crippen molar-refractivity contribution in [2.75, 3.05) is 11.5 Å². The average Bonchev–Trinajstić information content (AvgIpc) is 3.01. The molecule has 0 unspecified atom stereocenters. The van der Waals surface area contributed by atoms with E-state index in [2.05, 4.69) is 9.97 Å². The minimum absolute atomic E-state index is 0.0586. The van der Waals surface area contributed by atoms with Gasteiger partial charge in [-0.15, -0.1) is 0 Å². The molecule has 3 aromatic rings. The van der Waals surface area contributed by atoms with E-state index >= 15 is 0 Å². The number of carbonyl (C=O) groups is 1. The zero-order chi connectivity index (χ0) is 19.0. The van der Waals surface area contributed by atoms with Crippen molar-refractivity contribution in [3.05, 3.63) is 64.5 Å². The summed E-state index contributed by atoms with van der Waals surface area (Å²) in [7, 11) is 0. The largest absolute Gasteiger partial charge is 0.467 e. The topological polar surface area (TPSA) is 98.5 Å². The predicted octanol–water partition coefficient (Wildman–Crippen LogP) is 2.89. The Hall–Kier alpha value is -3.55. The Morgan fingerprint density at radius 2 is 2.11 bits per heavy atom. The third-order valence-corrected chi connectivity index (χ3v) is 4.60. The summed E-state index contributed by atoms with van der Waals surface area (Å²) < 4.78 is 5.65. The summed E-state index contributed by atoms with van der Waals surface area (Å²) in [5.41, 5.74) is 2.37. The quantitative estimate of drug-likeness (QED) is 0.521. The predicted molar refractivity (Wildman–Crippen MR) is 98.8 cm³/mol. The number of para-hydroxylation sites is 1. The maximum absolute atomic E-state index is 12.7. The van der Waals surface area contributed by atoms with Crippen molar-refractivity contribution in [2.24, 2.45) is 0 Å². The third-order valence-electron chi connectivity index (χ3n) is 4.60. The third kappa shape index (κ3) is 3.05. The standard InChI is InChI=1S/C19H16N4O4/c1-12-8-13-4-2-3-5-17(13)22(12)18(24)10-27-19-15-7-6-14(23(25)26)9-16(15)20-11-21-19/h2-7,9,11-12H,8,10H2,1H3/t12-/m0/s1. The number of aromatic nitrogens is 2. The van der Waals surface area contributed by atoms with E-state index in [0.717, 1.165) is 17.7 Å². The van der Waals surface area contributed by atoms with E-state index in [0.29, 0.717) is 10.9 Å². The number of rotatable bonds is 4. The Balaban J connectivity index is 1.55. The van der Waals surface area contributed by atoms with Gasteiger partial charge in [0.1, 0.15) is 6.33 Å². The summed E-state index contributed by atoms with van der Waals surface area (Å²) in [6.45, 7) is 1.82. The molecular weight excluding hydrogens is 348 g/mol. The Labute approximate surface area is 154 Å². The van der Waals surface area contributed by atoms with E-state index in [1.165, 1.54) is 24.5 Å². The minimum Gasteiger partial charge on any atom is -0.467 e. The maximum Gasteiger partial charge on any atom is 0.271 e. The van der Waals surface area contributed by atoms with Crippen molar-refractivity contribution in [3.8, 4) is 5.88 Å². The van der Waals surface area contributed by atoms with Crippen LogP contribution in [-0.2, 0) is 11.2 Å². The number of hydrogen-bond donors (Lipinski definition) is 0. The number of nitro groups is 1. The molecule has 0 saturated heterocycles. The highest BCUT2D eigenvalue weighted by Crippen LogP contribution is 2.32. The fourth-order valence-electron chi connectivity index (χ4n) is 3.39. The van der Waals surface area contributed by atoms with E-state index in [4.69, 9.17) is 4.74 Å². The minimum atomic E-state index is -0.488. The number of ether oxygens (including phenoxy) is 1. The fourth-order valence-corrected chi connectivity index (χ4v) is 3.39. The van der Waals surface area contributed by atoms with Crippen LogP contribution in [0.25, 0.3) is 10.9 Å². The number of carbonyl (C=O) groups excluding carboxylic acids is 1. The fraction of sp³-hybridized carbons (Fsp3) is 0.211. The summed E-state index contributed by atoms with van der Waals surface area (Å²) in [5, 5.41) is 11.4. The summed E-state index contributed by atoms with van der Waals surface area (Å²) in [4.78, 5) is 33.0. The molecule has 0 fully saturated rings. The molecule has 1 atom stereocenters. The monoisotopic (exact) mass is 364 g/mol. The molecule has 8 nitrogen and oxygen atoms in total. The lowest BCUT2D eigenvalue weighted by Crippen LogP contribution is -2.39. The molecule has 0 N–H and O–H groups in total. The molecule has 0 bridgehead atoms. The lowest BCUT2D eigenvalue weighted by atomic mass is 10.1. The van der Waals surface area contributed by atoms with Crippen LogP contribution in [0.3, 0.4) is 0 Å². The number of nitrogens with zero attached hydrogens (tertiary/aromatic N) is 4. The van der Waals surface area contributed by atoms with Gasteiger partial charge in [0, 0.05) is 23.9 Å². The highest BCUT2D eigenvalue weighted by Gasteiger charge is 2.30. The van der Waals surface area contributed by atoms with Gasteiger partial charge >= 0.3 is 0 Å². The van der Waals surface area contributed by atoms with Gasteiger partial charge in [-0.1, -0.05) is 18.2 Å². The smallest absolute Gasteiger partial charge is 0.271 e. The van der Waals surface area contributed by atoms with Gasteiger partial charge in [0.25, 0.3) is 11.6 Å². The zero-order valence-electron chi connectivity index (χ0n) is 14.5. The first-order chi connectivity index (χ1) is 13.0. The van der Waals surface area contributed by atoms with Crippen molar-refractivity contribution in [2.45, 2.75) is 19.4 Å². The van der Waals surface area contributed by atoms with E-state index in [-0.39, 0.29) is 30.1 Å². The molecule has 0 aliphatic carbocycles. The van der Waals surface area contributed by atoms with Crippen molar-refractivity contribution in [1.82, 2.24) is 9.97 Å². The number of nitro benzene ring substituents is 1. The summed E-state index contributed by atoms with van der Waals surface area (Å²) in [6, 6.07) is 12.1. The second-order valence-electron chi connectivity index (χ2n) is 6.37. The van der Waals surface area contributed by atoms with Crippen molar-refractivity contribution in [3.63, 3.8) is 0 Å². The molecule has 1 aliphatic rings. The number of non-ortho nitro benzene ring substituents is 1. The van der Waals surface area contributed by atoms with Crippen molar-refractivity contribution >= 4 is 28.2 Å². The molecule has 27 heavy (non-hydrogen) atoms. The Bertz CT molecular complexity index is 1050. The van der Waals surface area contributed by atoms with Crippen LogP contribution in [0.2, 0.25) is 0 Å². The molecule has 0 spiro atoms. The van der Waals surface area contributed by atoms with Gasteiger partial charge in [-0.3, -0.25) is 14.9 Å². The lowest BCUT2D eigenvalue weighted by Gasteiger charge is -2.22. The van der Waals surface area contributed by atoms with Crippen LogP contribution >= 0.6 is 0 Å². The van der Waals surface area contributed by atoms with Crippen LogP contribution in [0.15, 0.2) is 48.8 Å². The summed E-state index contributed by atoms with van der Waals surface area (Å²) in [6.07, 6.45) is 2.07. The number of benzene rings is 2. The Morgan fingerprint density at radius 1 is 1.30 bits per heavy atom. The Morgan fingerprint density at radius 3 is 2.93 bits per heavy atom. The van der Waals surface area contributed by atoms with E-state index in [1.54, 1.807) is 4.90 Å². The normalized spacial score (nSPS) is 15.6. The Kier molecular flexibility index (Phi) is 4.15. The van der Waals surface area contributed by atoms with Crippen LogP contribution < -0.4 is 9.64 Å². The van der Waals surface area contributed by atoms with Crippen LogP contribution in [0.5, 0.6) is 5.88 Å². The van der Waals surface area contributed by atoms with Crippen molar-refractivity contribution < 1.29 is 14.5 Å². The van der Waals surface area contributed by atoms with E-state index in [9.17, 15) is 14.9 Å². The second kappa shape index (κ2) is 6.64. The van der Waals surface area contributed by atoms with Crippen LogP contribution in [-0.4, -0.2) is 33.4 Å². The van der Waals surface area contributed by atoms with Gasteiger partial charge in [0.2, 0.25) is 5.88 Å². The second-order valence-corrected chi connectivity index (χ2v) is 6.37. The molecule has 8 heteroatoms. The molecule has 0 radical (unpaired) electrons. The van der Waals surface area contributed by atoms with Gasteiger partial charge in [-0.2, -0.15) is 0 Å². The number of hydrogen-bond acceptors (Lipinski definition) is 6. The van der Waals surface area contributed by atoms with Gasteiger partial charge in [-0.25, -0.2) is 9.97 Å². The lowest BCUT2D eigenvalue weighted by molar-refractivity contribution is -0.384. The highest BCUT2D eigenvalue weighted by molar-refractivity contribution is 5.97. The van der Waals surface area contributed by atoms with Crippen LogP contribution in [0.1, 0.15) is 12.5 Å². The SMILES string of the molecule is C[C@H]1Cc2ccccc2N1C(=O)COc1ncnc2cc([N+](=O)[O-])ccc12. The first-order valence-electron chi connectivity index (χ1n) is 8.46. The number of anilines is 1. The van der Waals surface area contributed by atoms with E-state index < -0.39 is 4.92 Å². The van der Waals surface area contributed by atoms with Gasteiger partial charge in [-0.05, 0) is 31.0 Å². The molecule has 1 amide bonds. The first kappa shape index (κ1) is 16.9. The van der Waals surface area contributed by atoms with Gasteiger partial charge < -0.3 is 9.64 Å².